The highest BCUT2D eigenvalue weighted by Gasteiger charge is 2.05. The molecule has 1 aromatic carbocycles. The van der Waals surface area contributed by atoms with Crippen LogP contribution in [0.25, 0.3) is 10.9 Å². The van der Waals surface area contributed by atoms with Gasteiger partial charge in [-0.3, -0.25) is 4.98 Å². The molecule has 1 N–H and O–H groups in total. The van der Waals surface area contributed by atoms with E-state index in [1.807, 2.05) is 0 Å². The van der Waals surface area contributed by atoms with E-state index in [-0.39, 0.29) is 0 Å². The largest absolute Gasteiger partial charge is 0.385 e. The second-order valence-electron chi connectivity index (χ2n) is 4.46. The van der Waals surface area contributed by atoms with Crippen molar-refractivity contribution in [3.63, 3.8) is 0 Å². The van der Waals surface area contributed by atoms with Gasteiger partial charge in [-0.05, 0) is 38.5 Å². The first-order chi connectivity index (χ1) is 8.24. The Morgan fingerprint density at radius 3 is 2.71 bits per heavy atom. The molecule has 0 saturated carbocycles. The van der Waals surface area contributed by atoms with Crippen molar-refractivity contribution < 1.29 is 0 Å². The zero-order valence-corrected chi connectivity index (χ0v) is 10.9. The number of hydrogen-bond donors (Lipinski definition) is 1. The first-order valence-electron chi connectivity index (χ1n) is 6.38. The predicted molar refractivity (Wildman–Crippen MR) is 74.6 cm³/mol. The van der Waals surface area contributed by atoms with Crippen LogP contribution in [0.15, 0.2) is 24.3 Å². The highest BCUT2D eigenvalue weighted by molar-refractivity contribution is 5.92. The number of hydrogen-bond acceptors (Lipinski definition) is 2. The summed E-state index contributed by atoms with van der Waals surface area (Å²) in [5.41, 5.74) is 4.77. The molecule has 2 rings (SSSR count). The molecule has 2 heteroatoms. The monoisotopic (exact) mass is 228 g/mol. The first kappa shape index (κ1) is 11.9. The number of aryl methyl sites for hydroxylation is 2. The SMILES string of the molecule is CCCc1cc(NCC)c2cc(C)ccc2n1. The summed E-state index contributed by atoms with van der Waals surface area (Å²) in [6.45, 7) is 7.38. The summed E-state index contributed by atoms with van der Waals surface area (Å²) in [4.78, 5) is 4.71. The van der Waals surface area contributed by atoms with Gasteiger partial charge in [-0.15, -0.1) is 0 Å². The number of rotatable bonds is 4. The summed E-state index contributed by atoms with van der Waals surface area (Å²) in [6, 6.07) is 8.64. The Bertz CT molecular complexity index is 518. The molecule has 0 aliphatic heterocycles. The van der Waals surface area contributed by atoms with Crippen LogP contribution in [-0.4, -0.2) is 11.5 Å². The van der Waals surface area contributed by atoms with Crippen molar-refractivity contribution in [1.82, 2.24) is 4.98 Å². The second kappa shape index (κ2) is 5.17. The fourth-order valence-corrected chi connectivity index (χ4v) is 2.12. The van der Waals surface area contributed by atoms with Crippen molar-refractivity contribution >= 4 is 16.6 Å². The summed E-state index contributed by atoms with van der Waals surface area (Å²) >= 11 is 0. The highest BCUT2D eigenvalue weighted by Crippen LogP contribution is 2.24. The number of nitrogens with zero attached hydrogens (tertiary/aromatic N) is 1. The lowest BCUT2D eigenvalue weighted by Gasteiger charge is -2.11. The van der Waals surface area contributed by atoms with Crippen LogP contribution in [0.2, 0.25) is 0 Å². The fourth-order valence-electron chi connectivity index (χ4n) is 2.12. The average molecular weight is 228 g/mol. The molecule has 1 heterocycles. The number of fused-ring (bicyclic) bond motifs is 1. The molecule has 2 aromatic rings. The van der Waals surface area contributed by atoms with Crippen LogP contribution in [0.3, 0.4) is 0 Å². The van der Waals surface area contributed by atoms with Crippen LogP contribution in [0, 0.1) is 6.92 Å². The van der Waals surface area contributed by atoms with Crippen molar-refractivity contribution in [3.8, 4) is 0 Å². The number of anilines is 1. The van der Waals surface area contributed by atoms with Crippen LogP contribution in [0.4, 0.5) is 5.69 Å². The molecule has 0 bridgehead atoms. The maximum absolute atomic E-state index is 4.71. The molecule has 0 fully saturated rings. The van der Waals surface area contributed by atoms with Crippen LogP contribution < -0.4 is 5.32 Å². The van der Waals surface area contributed by atoms with Crippen molar-refractivity contribution in [2.75, 3.05) is 11.9 Å². The Labute approximate surface area is 103 Å². The van der Waals surface area contributed by atoms with Gasteiger partial charge in [0.05, 0.1) is 5.52 Å². The Hall–Kier alpha value is -1.57. The highest BCUT2D eigenvalue weighted by atomic mass is 14.9. The van der Waals surface area contributed by atoms with Crippen molar-refractivity contribution in [3.05, 3.63) is 35.5 Å². The first-order valence-corrected chi connectivity index (χ1v) is 6.38. The molecule has 0 aliphatic rings. The molecule has 0 amide bonds. The number of pyridine rings is 1. The van der Waals surface area contributed by atoms with Crippen LogP contribution >= 0.6 is 0 Å². The summed E-state index contributed by atoms with van der Waals surface area (Å²) in [5, 5.41) is 4.66. The quantitative estimate of drug-likeness (QED) is 0.857. The Balaban J connectivity index is 2.58. The molecule has 2 nitrogen and oxygen atoms in total. The Morgan fingerprint density at radius 1 is 1.18 bits per heavy atom. The zero-order valence-electron chi connectivity index (χ0n) is 10.9. The number of nitrogens with one attached hydrogen (secondary N) is 1. The summed E-state index contributed by atoms with van der Waals surface area (Å²) in [6.07, 6.45) is 2.18. The molecule has 0 unspecified atom stereocenters. The van der Waals surface area contributed by atoms with Crippen LogP contribution in [-0.2, 0) is 6.42 Å². The van der Waals surface area contributed by atoms with Gasteiger partial charge in [0.25, 0.3) is 0 Å². The van der Waals surface area contributed by atoms with Crippen molar-refractivity contribution in [2.45, 2.75) is 33.6 Å². The average Bonchev–Trinajstić information content (AvgIpc) is 2.31. The van der Waals surface area contributed by atoms with E-state index in [0.29, 0.717) is 0 Å². The third-order valence-electron chi connectivity index (χ3n) is 2.89. The molecule has 17 heavy (non-hydrogen) atoms. The van der Waals surface area contributed by atoms with Gasteiger partial charge in [0.2, 0.25) is 0 Å². The number of benzene rings is 1. The van der Waals surface area contributed by atoms with Gasteiger partial charge in [0, 0.05) is 23.3 Å². The molecule has 90 valence electrons. The molecular formula is C15H20N2. The van der Waals surface area contributed by atoms with E-state index in [0.717, 1.165) is 24.9 Å². The van der Waals surface area contributed by atoms with Gasteiger partial charge in [0.15, 0.2) is 0 Å². The lowest BCUT2D eigenvalue weighted by molar-refractivity contribution is 0.890. The molecule has 0 aliphatic carbocycles. The van der Waals surface area contributed by atoms with Gasteiger partial charge >= 0.3 is 0 Å². The van der Waals surface area contributed by atoms with E-state index in [2.05, 4.69) is 50.4 Å². The van der Waals surface area contributed by atoms with Gasteiger partial charge in [0.1, 0.15) is 0 Å². The molecule has 1 aromatic heterocycles. The summed E-state index contributed by atoms with van der Waals surface area (Å²) in [5.74, 6) is 0. The minimum atomic E-state index is 0.943. The van der Waals surface area contributed by atoms with Crippen LogP contribution in [0.5, 0.6) is 0 Å². The molecular weight excluding hydrogens is 208 g/mol. The van der Waals surface area contributed by atoms with Crippen molar-refractivity contribution in [2.24, 2.45) is 0 Å². The topological polar surface area (TPSA) is 24.9 Å². The normalized spacial score (nSPS) is 10.8. The third-order valence-corrected chi connectivity index (χ3v) is 2.89. The standard InChI is InChI=1S/C15H20N2/c1-4-6-12-10-15(16-5-2)13-9-11(3)7-8-14(13)17-12/h7-10H,4-6H2,1-3H3,(H,16,17). The van der Waals surface area contributed by atoms with Gasteiger partial charge in [-0.25, -0.2) is 0 Å². The van der Waals surface area contributed by atoms with Gasteiger partial charge in [-0.2, -0.15) is 0 Å². The predicted octanol–water partition coefficient (Wildman–Crippen LogP) is 3.93. The Morgan fingerprint density at radius 2 is 2.00 bits per heavy atom. The van der Waals surface area contributed by atoms with E-state index < -0.39 is 0 Å². The Kier molecular flexibility index (Phi) is 3.62. The van der Waals surface area contributed by atoms with E-state index in [4.69, 9.17) is 4.98 Å². The third kappa shape index (κ3) is 2.57. The van der Waals surface area contributed by atoms with Crippen LogP contribution in [0.1, 0.15) is 31.5 Å². The summed E-state index contributed by atoms with van der Waals surface area (Å²) in [7, 11) is 0. The minimum absolute atomic E-state index is 0.943. The lowest BCUT2D eigenvalue weighted by Crippen LogP contribution is -2.00. The molecule has 0 radical (unpaired) electrons. The van der Waals surface area contributed by atoms with E-state index in [9.17, 15) is 0 Å². The summed E-state index contributed by atoms with van der Waals surface area (Å²) < 4.78 is 0. The fraction of sp³-hybridized carbons (Fsp3) is 0.400. The maximum atomic E-state index is 4.71. The van der Waals surface area contributed by atoms with Gasteiger partial charge in [-0.1, -0.05) is 25.0 Å². The van der Waals surface area contributed by atoms with E-state index in [1.54, 1.807) is 0 Å². The molecule has 0 spiro atoms. The minimum Gasteiger partial charge on any atom is -0.385 e. The lowest BCUT2D eigenvalue weighted by atomic mass is 10.1. The molecule has 0 saturated heterocycles. The smallest absolute Gasteiger partial charge is 0.0726 e. The number of aromatic nitrogens is 1. The van der Waals surface area contributed by atoms with Gasteiger partial charge < -0.3 is 5.32 Å². The van der Waals surface area contributed by atoms with E-state index in [1.165, 1.54) is 22.3 Å². The second-order valence-corrected chi connectivity index (χ2v) is 4.46. The maximum Gasteiger partial charge on any atom is 0.0726 e. The van der Waals surface area contributed by atoms with Crippen molar-refractivity contribution in [1.29, 1.82) is 0 Å². The van der Waals surface area contributed by atoms with E-state index >= 15 is 0 Å². The zero-order chi connectivity index (χ0) is 12.3. The molecule has 0 atom stereocenters.